The average molecular weight is 889 g/mol. The predicted octanol–water partition coefficient (Wildman–Crippen LogP) is 18.5. The summed E-state index contributed by atoms with van der Waals surface area (Å²) < 4.78 is 16.8. The molecule has 0 aliphatic rings. The van der Waals surface area contributed by atoms with E-state index in [9.17, 15) is 14.4 Å². The molecule has 6 nitrogen and oxygen atoms in total. The standard InChI is InChI=1S/C57H108O6/c1-4-7-10-13-16-19-22-24-26-27-28-29-30-31-32-34-35-38-41-44-47-50-56(59)62-53-54(52-61-55(58)49-46-43-40-37-21-18-15-12-9-6-3)63-57(60)51-48-45-42-39-36-33-25-23-20-17-14-11-8-5-2/h27-28,54H,4-26,29-53H2,1-3H3/b28-27-. The average Bonchev–Trinajstić information content (AvgIpc) is 3.28. The Morgan fingerprint density at radius 1 is 0.302 bits per heavy atom. The summed E-state index contributed by atoms with van der Waals surface area (Å²) in [6.07, 6.45) is 59.2. The maximum absolute atomic E-state index is 12.8. The van der Waals surface area contributed by atoms with E-state index in [1.807, 2.05) is 0 Å². The van der Waals surface area contributed by atoms with E-state index in [-0.39, 0.29) is 31.1 Å². The van der Waals surface area contributed by atoms with Gasteiger partial charge in [0.05, 0.1) is 0 Å². The zero-order valence-corrected chi connectivity index (χ0v) is 42.6. The molecule has 0 bridgehead atoms. The summed E-state index contributed by atoms with van der Waals surface area (Å²) in [4.78, 5) is 38.0. The number of carbonyl (C=O) groups excluding carboxylic acids is 3. The molecule has 1 atom stereocenters. The fraction of sp³-hybridized carbons (Fsp3) is 0.912. The predicted molar refractivity (Wildman–Crippen MR) is 270 cm³/mol. The molecule has 0 aliphatic carbocycles. The van der Waals surface area contributed by atoms with Crippen molar-refractivity contribution in [2.45, 2.75) is 322 Å². The first-order valence-corrected chi connectivity index (χ1v) is 28.2. The minimum absolute atomic E-state index is 0.0651. The maximum Gasteiger partial charge on any atom is 0.306 e. The van der Waals surface area contributed by atoms with E-state index in [0.717, 1.165) is 57.8 Å². The van der Waals surface area contributed by atoms with Crippen LogP contribution in [0.1, 0.15) is 316 Å². The molecule has 372 valence electrons. The molecule has 0 aliphatic heterocycles. The van der Waals surface area contributed by atoms with Gasteiger partial charge < -0.3 is 14.2 Å². The fourth-order valence-electron chi connectivity index (χ4n) is 8.50. The van der Waals surface area contributed by atoms with E-state index in [1.165, 1.54) is 218 Å². The third-order valence-corrected chi connectivity index (χ3v) is 12.8. The summed E-state index contributed by atoms with van der Waals surface area (Å²) in [5.41, 5.74) is 0. The Morgan fingerprint density at radius 2 is 0.524 bits per heavy atom. The molecule has 1 unspecified atom stereocenters. The van der Waals surface area contributed by atoms with Crippen molar-refractivity contribution in [3.63, 3.8) is 0 Å². The second-order valence-corrected chi connectivity index (χ2v) is 19.2. The lowest BCUT2D eigenvalue weighted by atomic mass is 10.0. The lowest BCUT2D eigenvalue weighted by Gasteiger charge is -2.18. The van der Waals surface area contributed by atoms with Gasteiger partial charge in [0.2, 0.25) is 0 Å². The van der Waals surface area contributed by atoms with Crippen LogP contribution in [0.5, 0.6) is 0 Å². The lowest BCUT2D eigenvalue weighted by Crippen LogP contribution is -2.30. The van der Waals surface area contributed by atoms with Crippen molar-refractivity contribution in [1.29, 1.82) is 0 Å². The summed E-state index contributed by atoms with van der Waals surface area (Å²) in [5.74, 6) is -0.848. The lowest BCUT2D eigenvalue weighted by molar-refractivity contribution is -0.167. The molecule has 0 N–H and O–H groups in total. The molecule has 0 aromatic heterocycles. The number of carbonyl (C=O) groups is 3. The highest BCUT2D eigenvalue weighted by molar-refractivity contribution is 5.71. The van der Waals surface area contributed by atoms with Crippen LogP contribution >= 0.6 is 0 Å². The van der Waals surface area contributed by atoms with Gasteiger partial charge in [0.25, 0.3) is 0 Å². The normalized spacial score (nSPS) is 12.0. The molecule has 0 saturated carbocycles. The van der Waals surface area contributed by atoms with Crippen molar-refractivity contribution >= 4 is 17.9 Å². The molecule has 0 spiro atoms. The highest BCUT2D eigenvalue weighted by Gasteiger charge is 2.19. The molecular formula is C57H108O6. The van der Waals surface area contributed by atoms with E-state index in [0.29, 0.717) is 19.3 Å². The molecule has 0 rings (SSSR count). The van der Waals surface area contributed by atoms with Gasteiger partial charge in [-0.05, 0) is 44.9 Å². The van der Waals surface area contributed by atoms with E-state index in [1.54, 1.807) is 0 Å². The van der Waals surface area contributed by atoms with Gasteiger partial charge in [-0.25, -0.2) is 0 Å². The van der Waals surface area contributed by atoms with Crippen molar-refractivity contribution in [3.8, 4) is 0 Å². The van der Waals surface area contributed by atoms with E-state index < -0.39 is 6.10 Å². The molecule has 0 radical (unpaired) electrons. The Kier molecular flexibility index (Phi) is 51.2. The van der Waals surface area contributed by atoms with Crippen LogP contribution in [-0.2, 0) is 28.6 Å². The van der Waals surface area contributed by atoms with Gasteiger partial charge in [0.15, 0.2) is 6.10 Å². The second kappa shape index (κ2) is 52.8. The minimum Gasteiger partial charge on any atom is -0.462 e. The molecule has 0 aromatic rings. The van der Waals surface area contributed by atoms with E-state index in [2.05, 4.69) is 32.9 Å². The molecule has 0 heterocycles. The first-order valence-electron chi connectivity index (χ1n) is 28.2. The van der Waals surface area contributed by atoms with Crippen LogP contribution < -0.4 is 0 Å². The third-order valence-electron chi connectivity index (χ3n) is 12.8. The number of rotatable bonds is 52. The highest BCUT2D eigenvalue weighted by atomic mass is 16.6. The molecule has 0 amide bonds. The monoisotopic (exact) mass is 889 g/mol. The van der Waals surface area contributed by atoms with Crippen LogP contribution in [-0.4, -0.2) is 37.2 Å². The summed E-state index contributed by atoms with van der Waals surface area (Å²) in [7, 11) is 0. The van der Waals surface area contributed by atoms with Gasteiger partial charge in [0, 0.05) is 19.3 Å². The first-order chi connectivity index (χ1) is 31.0. The Hall–Kier alpha value is -1.85. The minimum atomic E-state index is -0.763. The Morgan fingerprint density at radius 3 is 0.794 bits per heavy atom. The molecule has 0 saturated heterocycles. The van der Waals surface area contributed by atoms with E-state index in [4.69, 9.17) is 14.2 Å². The van der Waals surface area contributed by atoms with Gasteiger partial charge in [0.1, 0.15) is 13.2 Å². The first kappa shape index (κ1) is 61.1. The number of hydrogen-bond acceptors (Lipinski definition) is 6. The van der Waals surface area contributed by atoms with Crippen LogP contribution in [0.2, 0.25) is 0 Å². The van der Waals surface area contributed by atoms with Gasteiger partial charge in [-0.2, -0.15) is 0 Å². The molecule has 0 fully saturated rings. The number of hydrogen-bond donors (Lipinski definition) is 0. The molecule has 63 heavy (non-hydrogen) atoms. The van der Waals surface area contributed by atoms with Gasteiger partial charge in [-0.3, -0.25) is 14.4 Å². The molecule has 6 heteroatoms. The number of unbranched alkanes of at least 4 members (excludes halogenated alkanes) is 39. The fourth-order valence-corrected chi connectivity index (χ4v) is 8.50. The summed E-state index contributed by atoms with van der Waals surface area (Å²) in [6, 6.07) is 0. The largest absolute Gasteiger partial charge is 0.462 e. The Labute approximate surface area is 392 Å². The van der Waals surface area contributed by atoms with Crippen LogP contribution in [0.15, 0.2) is 12.2 Å². The highest BCUT2D eigenvalue weighted by Crippen LogP contribution is 2.17. The van der Waals surface area contributed by atoms with Gasteiger partial charge in [-0.15, -0.1) is 0 Å². The zero-order valence-electron chi connectivity index (χ0n) is 42.6. The maximum atomic E-state index is 12.8. The van der Waals surface area contributed by atoms with Crippen LogP contribution in [0.4, 0.5) is 0 Å². The summed E-state index contributed by atoms with van der Waals surface area (Å²) in [6.45, 7) is 6.67. The van der Waals surface area contributed by atoms with Crippen LogP contribution in [0, 0.1) is 0 Å². The van der Waals surface area contributed by atoms with Crippen LogP contribution in [0.25, 0.3) is 0 Å². The molecular weight excluding hydrogens is 781 g/mol. The Balaban J connectivity index is 4.22. The smallest absolute Gasteiger partial charge is 0.306 e. The zero-order chi connectivity index (χ0) is 45.8. The summed E-state index contributed by atoms with van der Waals surface area (Å²) >= 11 is 0. The van der Waals surface area contributed by atoms with Crippen molar-refractivity contribution in [3.05, 3.63) is 12.2 Å². The second-order valence-electron chi connectivity index (χ2n) is 19.2. The molecule has 0 aromatic carbocycles. The number of ether oxygens (including phenoxy) is 3. The summed E-state index contributed by atoms with van der Waals surface area (Å²) in [5, 5.41) is 0. The van der Waals surface area contributed by atoms with Crippen molar-refractivity contribution < 1.29 is 28.6 Å². The number of allylic oxidation sites excluding steroid dienone is 2. The SMILES string of the molecule is CCCCCCCCCC/C=C\CCCCCCCCCCCC(=O)OCC(COC(=O)CCCCCCCCCCCC)OC(=O)CCCCCCCCCCCCCCCC. The Bertz CT molecular complexity index is 978. The van der Waals surface area contributed by atoms with Crippen molar-refractivity contribution in [1.82, 2.24) is 0 Å². The number of esters is 3. The third kappa shape index (κ3) is 51.0. The van der Waals surface area contributed by atoms with Gasteiger partial charge >= 0.3 is 17.9 Å². The van der Waals surface area contributed by atoms with Crippen molar-refractivity contribution in [2.75, 3.05) is 13.2 Å². The quantitative estimate of drug-likeness (QED) is 0.0262. The van der Waals surface area contributed by atoms with Crippen LogP contribution in [0.3, 0.4) is 0 Å². The van der Waals surface area contributed by atoms with E-state index >= 15 is 0 Å². The van der Waals surface area contributed by atoms with Crippen molar-refractivity contribution in [2.24, 2.45) is 0 Å². The topological polar surface area (TPSA) is 78.9 Å². The van der Waals surface area contributed by atoms with Gasteiger partial charge in [-0.1, -0.05) is 264 Å².